The quantitative estimate of drug-likeness (QED) is 0.728. The normalized spacial score (nSPS) is 10.6. The summed E-state index contributed by atoms with van der Waals surface area (Å²) >= 11 is 11.7. The van der Waals surface area contributed by atoms with Gasteiger partial charge < -0.3 is 10.6 Å². The first-order valence-electron chi connectivity index (χ1n) is 7.24. The predicted octanol–water partition coefficient (Wildman–Crippen LogP) is 4.29. The van der Waals surface area contributed by atoms with Gasteiger partial charge in [-0.15, -0.1) is 0 Å². The van der Waals surface area contributed by atoms with E-state index in [4.69, 9.17) is 23.2 Å². The van der Waals surface area contributed by atoms with Gasteiger partial charge in [-0.05, 0) is 42.8 Å². The Hall–Kier alpha value is -1.62. The molecule has 0 unspecified atom stereocenters. The van der Waals surface area contributed by atoms with E-state index in [0.29, 0.717) is 47.2 Å². The zero-order valence-corrected chi connectivity index (χ0v) is 13.9. The van der Waals surface area contributed by atoms with Crippen LogP contribution in [0.2, 0.25) is 10.0 Å². The number of carbonyl (C=O) groups excluding carboxylic acids is 1. The van der Waals surface area contributed by atoms with Gasteiger partial charge in [0.15, 0.2) is 0 Å². The molecule has 0 fully saturated rings. The van der Waals surface area contributed by atoms with Crippen LogP contribution in [-0.4, -0.2) is 19.0 Å². The van der Waals surface area contributed by atoms with E-state index >= 15 is 0 Å². The number of nitrogens with one attached hydrogen (secondary N) is 2. The first-order chi connectivity index (χ1) is 11.0. The van der Waals surface area contributed by atoms with Crippen molar-refractivity contribution in [3.05, 3.63) is 63.9 Å². The lowest BCUT2D eigenvalue weighted by molar-refractivity contribution is -0.116. The molecule has 2 aromatic rings. The van der Waals surface area contributed by atoms with Crippen molar-refractivity contribution in [2.45, 2.75) is 12.8 Å². The molecule has 0 aromatic heterocycles. The Morgan fingerprint density at radius 3 is 2.43 bits per heavy atom. The maximum Gasteiger partial charge on any atom is 0.225 e. The second-order valence-corrected chi connectivity index (χ2v) is 5.92. The van der Waals surface area contributed by atoms with Gasteiger partial charge in [0.25, 0.3) is 0 Å². The second kappa shape index (κ2) is 8.87. The minimum atomic E-state index is -0.204. The third-order valence-electron chi connectivity index (χ3n) is 3.20. The van der Waals surface area contributed by atoms with Crippen LogP contribution < -0.4 is 10.6 Å². The Kier molecular flexibility index (Phi) is 6.84. The largest absolute Gasteiger partial charge is 0.326 e. The minimum Gasteiger partial charge on any atom is -0.326 e. The number of halogens is 3. The van der Waals surface area contributed by atoms with E-state index in [9.17, 15) is 9.18 Å². The number of carbonyl (C=O) groups is 1. The Labute approximate surface area is 144 Å². The van der Waals surface area contributed by atoms with E-state index in [2.05, 4.69) is 10.6 Å². The molecule has 0 bridgehead atoms. The Morgan fingerprint density at radius 2 is 1.74 bits per heavy atom. The van der Waals surface area contributed by atoms with Crippen molar-refractivity contribution in [2.75, 3.05) is 18.4 Å². The maximum absolute atomic E-state index is 13.4. The van der Waals surface area contributed by atoms with Gasteiger partial charge in [0.05, 0.1) is 0 Å². The Morgan fingerprint density at radius 1 is 1.04 bits per heavy atom. The SMILES string of the molecule is O=C(CCNCCc1ccccc1F)Nc1cc(Cl)cc(Cl)c1. The molecule has 122 valence electrons. The van der Waals surface area contributed by atoms with Gasteiger partial charge in [-0.1, -0.05) is 41.4 Å². The third kappa shape index (κ3) is 6.18. The van der Waals surface area contributed by atoms with Crippen LogP contribution in [0.15, 0.2) is 42.5 Å². The summed E-state index contributed by atoms with van der Waals surface area (Å²) in [6, 6.07) is 11.5. The number of benzene rings is 2. The summed E-state index contributed by atoms with van der Waals surface area (Å²) in [5.41, 5.74) is 1.23. The summed E-state index contributed by atoms with van der Waals surface area (Å²) in [7, 11) is 0. The number of rotatable bonds is 7. The van der Waals surface area contributed by atoms with Crippen LogP contribution in [0, 0.1) is 5.82 Å². The fraction of sp³-hybridized carbons (Fsp3) is 0.235. The average molecular weight is 355 g/mol. The minimum absolute atomic E-state index is 0.137. The Balaban J connectivity index is 1.68. The first kappa shape index (κ1) is 17.7. The van der Waals surface area contributed by atoms with Crippen molar-refractivity contribution in [3.63, 3.8) is 0 Å². The molecule has 6 heteroatoms. The van der Waals surface area contributed by atoms with Gasteiger partial charge in [0.2, 0.25) is 5.91 Å². The van der Waals surface area contributed by atoms with Crippen LogP contribution in [0.4, 0.5) is 10.1 Å². The molecule has 0 radical (unpaired) electrons. The number of hydrogen-bond acceptors (Lipinski definition) is 2. The lowest BCUT2D eigenvalue weighted by Crippen LogP contribution is -2.23. The van der Waals surface area contributed by atoms with Crippen LogP contribution in [0.25, 0.3) is 0 Å². The van der Waals surface area contributed by atoms with E-state index in [0.717, 1.165) is 0 Å². The summed E-state index contributed by atoms with van der Waals surface area (Å²) in [6.07, 6.45) is 0.888. The van der Waals surface area contributed by atoms with Crippen LogP contribution in [0.1, 0.15) is 12.0 Å². The monoisotopic (exact) mass is 354 g/mol. The maximum atomic E-state index is 13.4. The molecule has 0 saturated carbocycles. The molecule has 0 atom stereocenters. The van der Waals surface area contributed by atoms with Crippen molar-refractivity contribution >= 4 is 34.8 Å². The molecule has 23 heavy (non-hydrogen) atoms. The molecule has 0 heterocycles. The van der Waals surface area contributed by atoms with Crippen molar-refractivity contribution in [3.8, 4) is 0 Å². The topological polar surface area (TPSA) is 41.1 Å². The molecule has 2 rings (SSSR count). The van der Waals surface area contributed by atoms with Crippen molar-refractivity contribution in [2.24, 2.45) is 0 Å². The molecule has 0 spiro atoms. The van der Waals surface area contributed by atoms with Crippen molar-refractivity contribution < 1.29 is 9.18 Å². The van der Waals surface area contributed by atoms with Crippen LogP contribution >= 0.6 is 23.2 Å². The number of hydrogen-bond donors (Lipinski definition) is 2. The summed E-state index contributed by atoms with van der Waals surface area (Å²) in [5, 5.41) is 6.79. The first-order valence-corrected chi connectivity index (χ1v) is 8.00. The zero-order valence-electron chi connectivity index (χ0n) is 12.4. The number of anilines is 1. The van der Waals surface area contributed by atoms with Crippen molar-refractivity contribution in [1.29, 1.82) is 0 Å². The zero-order chi connectivity index (χ0) is 16.7. The molecule has 1 amide bonds. The number of amides is 1. The third-order valence-corrected chi connectivity index (χ3v) is 3.64. The van der Waals surface area contributed by atoms with E-state index in [1.54, 1.807) is 30.3 Å². The predicted molar refractivity (Wildman–Crippen MR) is 92.7 cm³/mol. The molecule has 3 nitrogen and oxygen atoms in total. The summed E-state index contributed by atoms with van der Waals surface area (Å²) in [4.78, 5) is 11.8. The molecule has 2 N–H and O–H groups in total. The molecule has 2 aromatic carbocycles. The van der Waals surface area contributed by atoms with Gasteiger partial charge in [0.1, 0.15) is 5.82 Å². The summed E-state index contributed by atoms with van der Waals surface area (Å²) < 4.78 is 13.4. The molecule has 0 aliphatic heterocycles. The van der Waals surface area contributed by atoms with E-state index in [1.165, 1.54) is 6.07 Å². The van der Waals surface area contributed by atoms with Gasteiger partial charge >= 0.3 is 0 Å². The van der Waals surface area contributed by atoms with Gasteiger partial charge in [-0.3, -0.25) is 4.79 Å². The second-order valence-electron chi connectivity index (χ2n) is 5.05. The molecular formula is C17H17Cl2FN2O. The van der Waals surface area contributed by atoms with Crippen LogP contribution in [0.3, 0.4) is 0 Å². The molecular weight excluding hydrogens is 338 g/mol. The highest BCUT2D eigenvalue weighted by Gasteiger charge is 2.05. The highest BCUT2D eigenvalue weighted by molar-refractivity contribution is 6.35. The Bertz CT molecular complexity index is 659. The van der Waals surface area contributed by atoms with Gasteiger partial charge in [-0.2, -0.15) is 0 Å². The summed E-state index contributed by atoms with van der Waals surface area (Å²) in [6.45, 7) is 1.12. The van der Waals surface area contributed by atoms with Gasteiger partial charge in [-0.25, -0.2) is 4.39 Å². The summed E-state index contributed by atoms with van der Waals surface area (Å²) in [5.74, 6) is -0.341. The molecule has 0 saturated heterocycles. The lowest BCUT2D eigenvalue weighted by Gasteiger charge is -2.08. The standard InChI is InChI=1S/C17H17Cl2FN2O/c18-13-9-14(19)11-15(10-13)22-17(23)6-8-21-7-5-12-3-1-2-4-16(12)20/h1-4,9-11,21H,5-8H2,(H,22,23). The smallest absolute Gasteiger partial charge is 0.225 e. The fourth-order valence-corrected chi connectivity index (χ4v) is 2.63. The molecule has 0 aliphatic rings. The van der Waals surface area contributed by atoms with E-state index in [-0.39, 0.29) is 11.7 Å². The molecule has 0 aliphatic carbocycles. The highest BCUT2D eigenvalue weighted by Crippen LogP contribution is 2.22. The lowest BCUT2D eigenvalue weighted by atomic mass is 10.1. The van der Waals surface area contributed by atoms with E-state index < -0.39 is 0 Å². The highest BCUT2D eigenvalue weighted by atomic mass is 35.5. The average Bonchev–Trinajstić information content (AvgIpc) is 2.47. The van der Waals surface area contributed by atoms with Crippen molar-refractivity contribution in [1.82, 2.24) is 5.32 Å². The van der Waals surface area contributed by atoms with Gasteiger partial charge in [0, 0.05) is 28.7 Å². The van der Waals surface area contributed by atoms with Crippen LogP contribution in [-0.2, 0) is 11.2 Å². The fourth-order valence-electron chi connectivity index (χ4n) is 2.10. The van der Waals surface area contributed by atoms with E-state index in [1.807, 2.05) is 6.07 Å². The van der Waals surface area contributed by atoms with Crippen LogP contribution in [0.5, 0.6) is 0 Å².